The first kappa shape index (κ1) is 72.6. The summed E-state index contributed by atoms with van der Waals surface area (Å²) in [6.45, 7) is 2.82. The second kappa shape index (κ2) is 39.8. The van der Waals surface area contributed by atoms with Crippen LogP contribution in [0.1, 0.15) is 213 Å². The molecule has 0 saturated carbocycles. The smallest absolute Gasteiger partial charge is 0.386 e. The highest BCUT2D eigenvalue weighted by Crippen LogP contribution is 2.61. The maximum absolute atomic E-state index is 12.8. The van der Waals surface area contributed by atoms with E-state index >= 15 is 0 Å². The number of hydrogen-bond donors (Lipinski definition) is 9. The van der Waals surface area contributed by atoms with Gasteiger partial charge in [-0.25, -0.2) is 28.6 Å². The Balaban J connectivity index is 1.16. The molecule has 1 aliphatic heterocycles. The molecule has 3 rings (SSSR count). The van der Waals surface area contributed by atoms with Crippen molar-refractivity contribution in [2.45, 2.75) is 238 Å². The first-order valence-corrected chi connectivity index (χ1v) is 34.8. The van der Waals surface area contributed by atoms with Crippen molar-refractivity contribution in [3.05, 3.63) is 24.8 Å². The summed E-state index contributed by atoms with van der Waals surface area (Å²) < 4.78 is 62.6. The SMILES string of the molecule is CCCCCCCCCCCCCCCCCCCCCCCCCCCCC/C=C/C(=O)SCCNC(=O)CCNC(=O)[C@H](O)C(C)(C)COP(=O)(O)OP(=O)(O)OC[C@H]1O[C@@H](n2cnc3c(N)ncnc32)[C@H](O)[C@@H]1OP(=O)(O)O. The van der Waals surface area contributed by atoms with Crippen molar-refractivity contribution in [1.82, 2.24) is 30.2 Å². The van der Waals surface area contributed by atoms with Crippen molar-refractivity contribution in [3.8, 4) is 0 Å². The number of fused-ring (bicyclic) bond motifs is 1. The van der Waals surface area contributed by atoms with Crippen molar-refractivity contribution in [2.75, 3.05) is 37.8 Å². The number of nitrogens with zero attached hydrogens (tertiary/aromatic N) is 4. The zero-order valence-electron chi connectivity index (χ0n) is 48.0. The predicted molar refractivity (Wildman–Crippen MR) is 311 cm³/mol. The maximum Gasteiger partial charge on any atom is 0.481 e. The zero-order chi connectivity index (χ0) is 59.6. The summed E-state index contributed by atoms with van der Waals surface area (Å²) in [5, 5.41) is 26.6. The number of hydrogen-bond acceptors (Lipinski definition) is 18. The third-order valence-corrected chi connectivity index (χ3v) is 17.9. The fraction of sp³-hybridized carbons (Fsp3) is 0.811. The molecule has 0 spiro atoms. The standard InChI is InChI=1S/C53H96N7O17P3S/c1-4-5-6-7-8-9-10-11-12-13-14-15-16-17-18-19-20-21-22-23-24-25-26-27-28-29-30-31-32-33-44(62)81-37-36-55-43(61)34-35-56-51(65)48(64)53(2,3)39-74-80(71,72)77-79(69,70)73-38-42-47(76-78(66,67)68)46(63)52(75-42)60-41-59-45-49(54)57-40-58-50(45)60/h32-33,40-42,46-48,52,63-64H,4-31,34-39H2,1-3H3,(H,55,61)(H,56,65)(H,69,70)(H,71,72)(H2,54,57,58)(H2,66,67,68)/b33-32+/t42-,46-,47-,48+,52-/m1/s1. The Kier molecular flexibility index (Phi) is 35.7. The number of unbranched alkanes of at least 4 members (excludes halogenated alkanes) is 27. The zero-order valence-corrected chi connectivity index (χ0v) is 51.5. The number of phosphoric ester groups is 3. The molecule has 0 radical (unpaired) electrons. The van der Waals surface area contributed by atoms with Crippen LogP contribution in [0.5, 0.6) is 0 Å². The Labute approximate surface area is 483 Å². The molecule has 10 N–H and O–H groups in total. The summed E-state index contributed by atoms with van der Waals surface area (Å²) in [7, 11) is -16.4. The molecule has 2 amide bonds. The van der Waals surface area contributed by atoms with E-state index in [1.165, 1.54) is 174 Å². The summed E-state index contributed by atoms with van der Waals surface area (Å²) in [5.74, 6) is -1.09. The number of thioether (sulfide) groups is 1. The molecule has 24 nitrogen and oxygen atoms in total. The number of carbonyl (C=O) groups is 3. The fourth-order valence-corrected chi connectivity index (χ4v) is 12.7. The summed E-state index contributed by atoms with van der Waals surface area (Å²) in [5.41, 5.74) is 4.29. The maximum atomic E-state index is 12.8. The highest BCUT2D eigenvalue weighted by molar-refractivity contribution is 8.14. The van der Waals surface area contributed by atoms with Crippen LogP contribution in [0.25, 0.3) is 11.2 Å². The lowest BCUT2D eigenvalue weighted by Gasteiger charge is -2.30. The second-order valence-electron chi connectivity index (χ2n) is 21.6. The van der Waals surface area contributed by atoms with Crippen molar-refractivity contribution in [2.24, 2.45) is 5.41 Å². The van der Waals surface area contributed by atoms with Crippen LogP contribution >= 0.6 is 35.2 Å². The number of imidazole rings is 1. The minimum Gasteiger partial charge on any atom is -0.386 e. The van der Waals surface area contributed by atoms with Gasteiger partial charge in [0.15, 0.2) is 17.7 Å². The molecule has 81 heavy (non-hydrogen) atoms. The molecule has 1 aliphatic rings. The average Bonchev–Trinajstić information content (AvgIpc) is 4.11. The number of aliphatic hydroxyl groups excluding tert-OH is 2. The highest BCUT2D eigenvalue weighted by atomic mass is 32.2. The van der Waals surface area contributed by atoms with E-state index in [-0.39, 0.29) is 41.6 Å². The van der Waals surface area contributed by atoms with Gasteiger partial charge in [-0.15, -0.1) is 0 Å². The predicted octanol–water partition coefficient (Wildman–Crippen LogP) is 10.2. The fourth-order valence-electron chi connectivity index (χ4n) is 9.26. The summed E-state index contributed by atoms with van der Waals surface area (Å²) in [6.07, 6.45) is 34.1. The molecule has 2 aromatic rings. The van der Waals surface area contributed by atoms with Gasteiger partial charge < -0.3 is 50.9 Å². The summed E-state index contributed by atoms with van der Waals surface area (Å²) in [4.78, 5) is 88.7. The monoisotopic (exact) mass is 1230 g/mol. The molecule has 2 unspecified atom stereocenters. The third-order valence-electron chi connectivity index (χ3n) is 14.0. The van der Waals surface area contributed by atoms with E-state index in [1.807, 2.05) is 6.08 Å². The first-order valence-electron chi connectivity index (χ1n) is 29.3. The molecule has 0 aliphatic carbocycles. The molecule has 2 aromatic heterocycles. The number of carbonyl (C=O) groups excluding carboxylic acids is 3. The number of allylic oxidation sites excluding steroid dienone is 1. The van der Waals surface area contributed by atoms with Crippen LogP contribution in [-0.4, -0.2) is 123 Å². The van der Waals surface area contributed by atoms with Gasteiger partial charge in [0.05, 0.1) is 19.5 Å². The molecule has 0 aromatic carbocycles. The Hall–Kier alpha value is -2.70. The normalized spacial score (nSPS) is 18.8. The molecule has 7 atom stereocenters. The molecule has 0 bridgehead atoms. The van der Waals surface area contributed by atoms with Gasteiger partial charge in [-0.1, -0.05) is 206 Å². The van der Waals surface area contributed by atoms with Gasteiger partial charge in [-0.05, 0) is 18.9 Å². The van der Waals surface area contributed by atoms with Crippen LogP contribution in [0, 0.1) is 5.41 Å². The number of ether oxygens (including phenoxy) is 1. The Morgan fingerprint density at radius 1 is 0.753 bits per heavy atom. The van der Waals surface area contributed by atoms with Crippen LogP contribution < -0.4 is 16.4 Å². The molecule has 1 fully saturated rings. The lowest BCUT2D eigenvalue weighted by molar-refractivity contribution is -0.137. The number of phosphoric acid groups is 3. The Morgan fingerprint density at radius 3 is 1.78 bits per heavy atom. The molecule has 466 valence electrons. The van der Waals surface area contributed by atoms with E-state index in [1.54, 1.807) is 6.08 Å². The number of anilines is 1. The van der Waals surface area contributed by atoms with E-state index in [0.29, 0.717) is 5.75 Å². The van der Waals surface area contributed by atoms with Gasteiger partial charge >= 0.3 is 23.5 Å². The number of amides is 2. The Morgan fingerprint density at radius 2 is 1.26 bits per heavy atom. The number of nitrogen functional groups attached to an aromatic ring is 1. The van der Waals surface area contributed by atoms with Gasteiger partial charge in [-0.3, -0.25) is 32.5 Å². The van der Waals surface area contributed by atoms with E-state index in [4.69, 9.17) is 19.5 Å². The minimum absolute atomic E-state index is 0.0336. The number of aromatic nitrogens is 4. The molecule has 28 heteroatoms. The minimum atomic E-state index is -5.58. The number of nitrogens with two attached hydrogens (primary N) is 1. The van der Waals surface area contributed by atoms with E-state index < -0.39 is 84.6 Å². The van der Waals surface area contributed by atoms with Crippen LogP contribution in [-0.2, 0) is 50.7 Å². The lowest BCUT2D eigenvalue weighted by Crippen LogP contribution is -2.46. The van der Waals surface area contributed by atoms with Crippen LogP contribution in [0.4, 0.5) is 5.82 Å². The topological polar surface area (TPSA) is 364 Å². The number of aliphatic hydroxyl groups is 2. The van der Waals surface area contributed by atoms with Crippen molar-refractivity contribution >= 4 is 69.1 Å². The summed E-state index contributed by atoms with van der Waals surface area (Å²) >= 11 is 1.08. The van der Waals surface area contributed by atoms with E-state index in [2.05, 4.69) is 41.3 Å². The Bertz CT molecular complexity index is 2300. The van der Waals surface area contributed by atoms with E-state index in [9.17, 15) is 57.9 Å². The molecule has 1 saturated heterocycles. The second-order valence-corrected chi connectivity index (χ2v) is 27.0. The van der Waals surface area contributed by atoms with E-state index in [0.717, 1.165) is 48.2 Å². The lowest BCUT2D eigenvalue weighted by atomic mass is 9.87. The third kappa shape index (κ3) is 31.3. The average molecular weight is 1230 g/mol. The first-order chi connectivity index (χ1) is 38.6. The quantitative estimate of drug-likeness (QED) is 0.0169. The number of rotatable bonds is 48. The van der Waals surface area contributed by atoms with Gasteiger partial charge in [0.1, 0.15) is 36.3 Å². The van der Waals surface area contributed by atoms with Crippen LogP contribution in [0.3, 0.4) is 0 Å². The number of nitrogens with one attached hydrogen (secondary N) is 2. The van der Waals surface area contributed by atoms with Crippen LogP contribution in [0.2, 0.25) is 0 Å². The van der Waals surface area contributed by atoms with Crippen molar-refractivity contribution in [3.63, 3.8) is 0 Å². The van der Waals surface area contributed by atoms with Crippen LogP contribution in [0.15, 0.2) is 24.8 Å². The van der Waals surface area contributed by atoms with Crippen molar-refractivity contribution < 1.29 is 80.5 Å². The van der Waals surface area contributed by atoms with Gasteiger partial charge in [-0.2, -0.15) is 4.31 Å². The van der Waals surface area contributed by atoms with Gasteiger partial charge in [0.2, 0.25) is 16.9 Å². The molecular formula is C53H96N7O17P3S. The highest BCUT2D eigenvalue weighted by Gasteiger charge is 2.50. The van der Waals surface area contributed by atoms with Gasteiger partial charge in [0, 0.05) is 30.7 Å². The summed E-state index contributed by atoms with van der Waals surface area (Å²) in [6, 6.07) is 0. The molecule has 3 heterocycles. The van der Waals surface area contributed by atoms with Gasteiger partial charge in [0.25, 0.3) is 0 Å². The van der Waals surface area contributed by atoms with Crippen molar-refractivity contribution in [1.29, 1.82) is 0 Å². The molecular weight excluding hydrogens is 1130 g/mol. The largest absolute Gasteiger partial charge is 0.481 e.